The molecule has 0 spiro atoms. The molecular weight excluding hydrogens is 828 g/mol. The molecule has 0 aromatic heterocycles. The SMILES string of the molecule is CC/C=C\C/C=C\C/C=C\C/C=C\CCCCCCCCCCC(=O)NC(COP(=O)(O)OCC[N+](C)(C)C)C(O)/C=C/CC/C=C/CC/C=C/CCCCCCCCCCCCCC. The summed E-state index contributed by atoms with van der Waals surface area (Å²) in [5.41, 5.74) is 0. The Labute approximate surface area is 401 Å². The molecule has 9 heteroatoms. The second-order valence-corrected chi connectivity index (χ2v) is 20.3. The number of hydrogen-bond donors (Lipinski definition) is 3. The van der Waals surface area contributed by atoms with E-state index in [1.165, 1.54) is 109 Å². The highest BCUT2D eigenvalue weighted by Gasteiger charge is 2.27. The highest BCUT2D eigenvalue weighted by Crippen LogP contribution is 2.43. The van der Waals surface area contributed by atoms with Gasteiger partial charge in [-0.2, -0.15) is 0 Å². The summed E-state index contributed by atoms with van der Waals surface area (Å²) in [6, 6.07) is -0.880. The lowest BCUT2D eigenvalue weighted by atomic mass is 10.0. The second kappa shape index (κ2) is 46.8. The van der Waals surface area contributed by atoms with Crippen molar-refractivity contribution in [1.29, 1.82) is 0 Å². The highest BCUT2D eigenvalue weighted by molar-refractivity contribution is 7.47. The number of nitrogens with zero attached hydrogens (tertiary/aromatic N) is 1. The molecule has 0 heterocycles. The van der Waals surface area contributed by atoms with E-state index in [2.05, 4.69) is 92.1 Å². The van der Waals surface area contributed by atoms with E-state index in [1.54, 1.807) is 6.08 Å². The van der Waals surface area contributed by atoms with Crippen LogP contribution < -0.4 is 5.32 Å². The van der Waals surface area contributed by atoms with Gasteiger partial charge in [0.25, 0.3) is 0 Å². The number of nitrogens with one attached hydrogen (secondary N) is 1. The first kappa shape index (κ1) is 62.7. The zero-order valence-corrected chi connectivity index (χ0v) is 43.6. The number of likely N-dealkylation sites (N-methyl/N-ethyl adjacent to an activating group) is 1. The van der Waals surface area contributed by atoms with Crippen molar-refractivity contribution in [3.8, 4) is 0 Å². The third-order valence-electron chi connectivity index (χ3n) is 11.3. The third kappa shape index (κ3) is 49.4. The molecule has 8 nitrogen and oxygen atoms in total. The van der Waals surface area contributed by atoms with Gasteiger partial charge in [-0.05, 0) is 83.5 Å². The lowest BCUT2D eigenvalue weighted by molar-refractivity contribution is -0.870. The van der Waals surface area contributed by atoms with Crippen molar-refractivity contribution < 1.29 is 32.9 Å². The van der Waals surface area contributed by atoms with Crippen LogP contribution in [-0.4, -0.2) is 73.4 Å². The van der Waals surface area contributed by atoms with Crippen molar-refractivity contribution in [3.63, 3.8) is 0 Å². The number of allylic oxidation sites excluding steroid dienone is 13. The Balaban J connectivity index is 4.40. The van der Waals surface area contributed by atoms with Crippen molar-refractivity contribution in [3.05, 3.63) is 85.1 Å². The number of carbonyl (C=O) groups excluding carboxylic acids is 1. The van der Waals surface area contributed by atoms with Crippen LogP contribution in [0.5, 0.6) is 0 Å². The van der Waals surface area contributed by atoms with Gasteiger partial charge in [0, 0.05) is 6.42 Å². The van der Waals surface area contributed by atoms with Gasteiger partial charge in [-0.3, -0.25) is 13.8 Å². The fraction of sp³-hybridized carbons (Fsp3) is 0.732. The quantitative estimate of drug-likeness (QED) is 0.0243. The normalized spacial score (nSPS) is 14.8. The summed E-state index contributed by atoms with van der Waals surface area (Å²) in [4.78, 5) is 23.2. The molecule has 0 rings (SSSR count). The van der Waals surface area contributed by atoms with E-state index in [0.717, 1.165) is 83.5 Å². The number of carbonyl (C=O) groups is 1. The van der Waals surface area contributed by atoms with Crippen LogP contribution in [0, 0.1) is 0 Å². The lowest BCUT2D eigenvalue weighted by Gasteiger charge is -2.25. The Morgan fingerprint density at radius 3 is 1.42 bits per heavy atom. The first-order valence-electron chi connectivity index (χ1n) is 26.5. The summed E-state index contributed by atoms with van der Waals surface area (Å²) in [7, 11) is 1.53. The van der Waals surface area contributed by atoms with Gasteiger partial charge in [0.2, 0.25) is 5.91 Å². The number of hydrogen-bond acceptors (Lipinski definition) is 5. The molecule has 0 saturated carbocycles. The van der Waals surface area contributed by atoms with Gasteiger partial charge in [0.05, 0.1) is 39.9 Å². The van der Waals surface area contributed by atoms with Crippen LogP contribution >= 0.6 is 7.82 Å². The standard InChI is InChI=1S/C56H101N2O6P/c1-6-8-10-12-14-16-18-20-22-24-26-28-30-31-33-35-37-39-41-43-45-47-49-55(59)54(53-64-65(61,62)63-52-51-58(3,4)5)57-56(60)50-48-46-44-42-40-38-36-34-32-29-27-25-23-21-19-17-15-13-11-9-7-2/h9,11,15,17,21,23,27,29,31,33,39,41,47,49,54-55,59H,6-8,10,12-14,16,18-20,22,24-26,28,30,32,34-38,40,42-46,48,50-53H2,1-5H3,(H-,57,60,61,62)/p+1/b11-9-,17-15-,23-21-,29-27-,33-31+,41-39+,49-47+. The summed E-state index contributed by atoms with van der Waals surface area (Å²) in [5, 5.41) is 13.9. The molecule has 65 heavy (non-hydrogen) atoms. The van der Waals surface area contributed by atoms with Gasteiger partial charge in [-0.1, -0.05) is 208 Å². The molecule has 0 aliphatic carbocycles. The van der Waals surface area contributed by atoms with E-state index in [9.17, 15) is 19.4 Å². The average molecular weight is 930 g/mol. The predicted octanol–water partition coefficient (Wildman–Crippen LogP) is 15.7. The maximum Gasteiger partial charge on any atom is 0.472 e. The number of quaternary nitrogens is 1. The van der Waals surface area contributed by atoms with Crippen LogP contribution in [0.3, 0.4) is 0 Å². The fourth-order valence-electron chi connectivity index (χ4n) is 7.18. The minimum absolute atomic E-state index is 0.0477. The molecule has 0 bridgehead atoms. The number of amides is 1. The van der Waals surface area contributed by atoms with Crippen LogP contribution in [0.4, 0.5) is 0 Å². The van der Waals surface area contributed by atoms with E-state index in [-0.39, 0.29) is 19.1 Å². The molecule has 0 saturated heterocycles. The Hall–Kier alpha value is -2.32. The van der Waals surface area contributed by atoms with E-state index in [0.29, 0.717) is 17.4 Å². The Bertz CT molecular complexity index is 1330. The summed E-state index contributed by atoms with van der Waals surface area (Å²) >= 11 is 0. The first-order valence-corrected chi connectivity index (χ1v) is 28.0. The van der Waals surface area contributed by atoms with Crippen molar-refractivity contribution in [1.82, 2.24) is 5.32 Å². The molecule has 376 valence electrons. The smallest absolute Gasteiger partial charge is 0.387 e. The van der Waals surface area contributed by atoms with Crippen molar-refractivity contribution >= 4 is 13.7 Å². The maximum atomic E-state index is 12.9. The van der Waals surface area contributed by atoms with Gasteiger partial charge in [-0.15, -0.1) is 0 Å². The minimum Gasteiger partial charge on any atom is -0.387 e. The third-order valence-corrected chi connectivity index (χ3v) is 12.3. The van der Waals surface area contributed by atoms with Gasteiger partial charge in [-0.25, -0.2) is 4.57 Å². The second-order valence-electron chi connectivity index (χ2n) is 18.8. The summed E-state index contributed by atoms with van der Waals surface area (Å²) in [6.45, 7) is 4.66. The van der Waals surface area contributed by atoms with E-state index in [4.69, 9.17) is 9.05 Å². The molecule has 0 radical (unpaired) electrons. The zero-order chi connectivity index (χ0) is 47.8. The number of unbranched alkanes of at least 4 members (excludes halogenated alkanes) is 22. The largest absolute Gasteiger partial charge is 0.472 e. The van der Waals surface area contributed by atoms with Crippen LogP contribution in [0.2, 0.25) is 0 Å². The zero-order valence-electron chi connectivity index (χ0n) is 42.7. The molecule has 0 aromatic rings. The topological polar surface area (TPSA) is 105 Å². The molecule has 0 aliphatic heterocycles. The van der Waals surface area contributed by atoms with Crippen LogP contribution in [0.15, 0.2) is 85.1 Å². The average Bonchev–Trinajstić information content (AvgIpc) is 3.26. The number of phosphoric ester groups is 1. The van der Waals surface area contributed by atoms with Crippen LogP contribution in [0.1, 0.15) is 213 Å². The predicted molar refractivity (Wildman–Crippen MR) is 281 cm³/mol. The molecule has 0 aliphatic rings. The summed E-state index contributed by atoms with van der Waals surface area (Å²) in [5.74, 6) is -0.202. The van der Waals surface area contributed by atoms with Gasteiger partial charge in [0.1, 0.15) is 13.2 Å². The summed E-state index contributed by atoms with van der Waals surface area (Å²) in [6.07, 6.45) is 65.3. The van der Waals surface area contributed by atoms with Gasteiger partial charge in [0.15, 0.2) is 0 Å². The van der Waals surface area contributed by atoms with Crippen molar-refractivity contribution in [2.75, 3.05) is 40.9 Å². The summed E-state index contributed by atoms with van der Waals surface area (Å²) < 4.78 is 23.6. The number of aliphatic hydroxyl groups is 1. The highest BCUT2D eigenvalue weighted by atomic mass is 31.2. The minimum atomic E-state index is -4.36. The fourth-order valence-corrected chi connectivity index (χ4v) is 7.92. The molecule has 1 amide bonds. The maximum absolute atomic E-state index is 12.9. The van der Waals surface area contributed by atoms with Crippen LogP contribution in [-0.2, 0) is 18.4 Å². The van der Waals surface area contributed by atoms with E-state index in [1.807, 2.05) is 27.2 Å². The number of aliphatic hydroxyl groups excluding tert-OH is 1. The molecule has 3 N–H and O–H groups in total. The molecule has 3 atom stereocenters. The Morgan fingerprint density at radius 1 is 0.538 bits per heavy atom. The van der Waals surface area contributed by atoms with E-state index < -0.39 is 20.0 Å². The number of rotatable bonds is 47. The lowest BCUT2D eigenvalue weighted by Crippen LogP contribution is -2.45. The van der Waals surface area contributed by atoms with Crippen molar-refractivity contribution in [2.24, 2.45) is 0 Å². The monoisotopic (exact) mass is 930 g/mol. The van der Waals surface area contributed by atoms with Crippen molar-refractivity contribution in [2.45, 2.75) is 225 Å². The Morgan fingerprint density at radius 2 is 0.938 bits per heavy atom. The Kier molecular flexibility index (Phi) is 45.1. The van der Waals surface area contributed by atoms with Gasteiger partial charge >= 0.3 is 7.82 Å². The van der Waals surface area contributed by atoms with Crippen LogP contribution in [0.25, 0.3) is 0 Å². The van der Waals surface area contributed by atoms with E-state index >= 15 is 0 Å². The number of phosphoric acid groups is 1. The first-order chi connectivity index (χ1) is 31.5. The molecule has 0 aromatic carbocycles. The molecular formula is C56H102N2O6P+. The molecule has 3 unspecified atom stereocenters. The van der Waals surface area contributed by atoms with Gasteiger partial charge < -0.3 is 19.8 Å². The molecule has 0 fully saturated rings.